The zero-order valence-corrected chi connectivity index (χ0v) is 15.4. The summed E-state index contributed by atoms with van der Waals surface area (Å²) in [5.41, 5.74) is 2.03. The zero-order valence-electron chi connectivity index (χ0n) is 14.6. The van der Waals surface area contributed by atoms with Gasteiger partial charge in [-0.25, -0.2) is 4.98 Å². The van der Waals surface area contributed by atoms with E-state index in [1.54, 1.807) is 29.5 Å². The molecule has 0 saturated carbocycles. The van der Waals surface area contributed by atoms with E-state index in [2.05, 4.69) is 22.4 Å². The summed E-state index contributed by atoms with van der Waals surface area (Å²) in [6.45, 7) is 3.73. The average Bonchev–Trinajstić information content (AvgIpc) is 3.18. The van der Waals surface area contributed by atoms with Crippen LogP contribution in [0, 0.1) is 0 Å². The molecule has 1 N–H and O–H groups in total. The molecule has 1 aliphatic rings. The topological polar surface area (TPSA) is 54.5 Å². The number of carbonyl (C=O) groups excluding carboxylic acids is 1. The van der Waals surface area contributed by atoms with E-state index in [0.29, 0.717) is 25.6 Å². The minimum Gasteiger partial charge on any atom is -0.383 e. The first kappa shape index (κ1) is 18.0. The predicted molar refractivity (Wildman–Crippen MR) is 100 cm³/mol. The molecule has 0 bridgehead atoms. The maximum absolute atomic E-state index is 12.9. The fraction of sp³-hybridized carbons (Fsp3) is 0.474. The van der Waals surface area contributed by atoms with Crippen molar-refractivity contribution in [1.82, 2.24) is 15.2 Å². The van der Waals surface area contributed by atoms with Gasteiger partial charge in [0, 0.05) is 37.3 Å². The minimum atomic E-state index is 0.0283. The summed E-state index contributed by atoms with van der Waals surface area (Å²) in [6, 6.07) is 8.10. The van der Waals surface area contributed by atoms with Gasteiger partial charge in [-0.1, -0.05) is 12.1 Å². The van der Waals surface area contributed by atoms with E-state index in [0.717, 1.165) is 23.7 Å². The third-order valence-electron chi connectivity index (χ3n) is 4.59. The Bertz CT molecular complexity index is 652. The molecule has 1 aliphatic heterocycles. The third kappa shape index (κ3) is 4.87. The van der Waals surface area contributed by atoms with Crippen molar-refractivity contribution in [2.45, 2.75) is 25.3 Å². The van der Waals surface area contributed by atoms with Gasteiger partial charge in [0.2, 0.25) is 0 Å². The van der Waals surface area contributed by atoms with Crippen molar-refractivity contribution in [1.29, 1.82) is 0 Å². The molecule has 1 atom stereocenters. The number of methoxy groups -OCH3 is 1. The lowest BCUT2D eigenvalue weighted by molar-refractivity contribution is 0.0680. The first-order chi connectivity index (χ1) is 12.3. The Balaban J connectivity index is 1.69. The molecule has 0 aliphatic carbocycles. The van der Waals surface area contributed by atoms with Crippen LogP contribution in [-0.2, 0) is 11.3 Å². The summed E-state index contributed by atoms with van der Waals surface area (Å²) in [6.07, 6.45) is 4.19. The van der Waals surface area contributed by atoms with Gasteiger partial charge in [0.15, 0.2) is 0 Å². The highest BCUT2D eigenvalue weighted by Crippen LogP contribution is 2.23. The molecule has 1 saturated heterocycles. The predicted octanol–water partition coefficient (Wildman–Crippen LogP) is 2.90. The maximum Gasteiger partial charge on any atom is 0.254 e. The summed E-state index contributed by atoms with van der Waals surface area (Å²) in [5, 5.41) is 6.31. The van der Waals surface area contributed by atoms with Crippen molar-refractivity contribution in [2.75, 3.05) is 33.4 Å². The van der Waals surface area contributed by atoms with Gasteiger partial charge in [0.1, 0.15) is 5.01 Å². The molecule has 2 aromatic rings. The highest BCUT2D eigenvalue weighted by atomic mass is 32.1. The van der Waals surface area contributed by atoms with Crippen LogP contribution >= 0.6 is 11.3 Å². The summed E-state index contributed by atoms with van der Waals surface area (Å²) in [7, 11) is 1.65. The lowest BCUT2D eigenvalue weighted by Crippen LogP contribution is -2.33. The quantitative estimate of drug-likeness (QED) is 0.826. The molecular formula is C19H25N3O2S. The van der Waals surface area contributed by atoms with Gasteiger partial charge in [0.25, 0.3) is 5.91 Å². The number of benzene rings is 1. The van der Waals surface area contributed by atoms with Gasteiger partial charge in [-0.2, -0.15) is 0 Å². The first-order valence-corrected chi connectivity index (χ1v) is 9.63. The molecule has 134 valence electrons. The molecular weight excluding hydrogens is 334 g/mol. The number of nitrogens with zero attached hydrogens (tertiary/aromatic N) is 2. The van der Waals surface area contributed by atoms with Crippen molar-refractivity contribution in [3.8, 4) is 0 Å². The lowest BCUT2D eigenvalue weighted by Gasteiger charge is -2.24. The number of hydrogen-bond donors (Lipinski definition) is 1. The molecule has 1 aromatic heterocycles. The number of ether oxygens (including phenoxy) is 1. The van der Waals surface area contributed by atoms with Crippen LogP contribution in [0.25, 0.3) is 0 Å². The van der Waals surface area contributed by atoms with Crippen molar-refractivity contribution in [3.05, 3.63) is 52.0 Å². The fourth-order valence-electron chi connectivity index (χ4n) is 3.16. The average molecular weight is 359 g/mol. The Kier molecular flexibility index (Phi) is 6.55. The van der Waals surface area contributed by atoms with Crippen molar-refractivity contribution < 1.29 is 9.53 Å². The van der Waals surface area contributed by atoms with Gasteiger partial charge in [-0.3, -0.25) is 4.79 Å². The second-order valence-corrected chi connectivity index (χ2v) is 7.29. The van der Waals surface area contributed by atoms with Crippen molar-refractivity contribution >= 4 is 17.2 Å². The van der Waals surface area contributed by atoms with E-state index >= 15 is 0 Å². The van der Waals surface area contributed by atoms with Crippen LogP contribution < -0.4 is 5.32 Å². The number of thiazole rings is 1. The van der Waals surface area contributed by atoms with E-state index in [4.69, 9.17) is 4.74 Å². The summed E-state index contributed by atoms with van der Waals surface area (Å²) in [5.74, 6) is 0.582. The van der Waals surface area contributed by atoms with Crippen LogP contribution in [0.1, 0.15) is 39.7 Å². The van der Waals surface area contributed by atoms with Gasteiger partial charge in [0.05, 0.1) is 13.2 Å². The SMILES string of the molecule is COCCN(Cc1nccs1)C(=O)c1ccc([C@H]2CCCNC2)cc1. The highest BCUT2D eigenvalue weighted by molar-refractivity contribution is 7.09. The highest BCUT2D eigenvalue weighted by Gasteiger charge is 2.19. The molecule has 1 aromatic carbocycles. The minimum absolute atomic E-state index is 0.0283. The van der Waals surface area contributed by atoms with Gasteiger partial charge >= 0.3 is 0 Å². The number of aromatic nitrogens is 1. The van der Waals surface area contributed by atoms with E-state index in [1.807, 2.05) is 17.5 Å². The molecule has 3 rings (SSSR count). The number of carbonyl (C=O) groups is 1. The standard InChI is InChI=1S/C19H25N3O2S/c1-24-11-10-22(14-18-21-9-12-25-18)19(23)16-6-4-15(5-7-16)17-3-2-8-20-13-17/h4-7,9,12,17,20H,2-3,8,10-11,13-14H2,1H3/t17-/m0/s1. The second kappa shape index (κ2) is 9.08. The monoisotopic (exact) mass is 359 g/mol. The second-order valence-electron chi connectivity index (χ2n) is 6.31. The van der Waals surface area contributed by atoms with Crippen molar-refractivity contribution in [2.24, 2.45) is 0 Å². The van der Waals surface area contributed by atoms with Gasteiger partial charge in [-0.15, -0.1) is 11.3 Å². The Morgan fingerprint density at radius 2 is 2.24 bits per heavy atom. The van der Waals surface area contributed by atoms with E-state index in [-0.39, 0.29) is 5.91 Å². The Morgan fingerprint density at radius 3 is 2.88 bits per heavy atom. The van der Waals surface area contributed by atoms with E-state index in [1.165, 1.54) is 18.4 Å². The zero-order chi connectivity index (χ0) is 17.5. The lowest BCUT2D eigenvalue weighted by atomic mass is 9.91. The van der Waals surface area contributed by atoms with Crippen molar-refractivity contribution in [3.63, 3.8) is 0 Å². The van der Waals surface area contributed by atoms with Gasteiger partial charge in [-0.05, 0) is 43.0 Å². The summed E-state index contributed by atoms with van der Waals surface area (Å²) >= 11 is 1.57. The number of hydrogen-bond acceptors (Lipinski definition) is 5. The largest absolute Gasteiger partial charge is 0.383 e. The van der Waals surface area contributed by atoms with E-state index < -0.39 is 0 Å². The molecule has 6 heteroatoms. The van der Waals surface area contributed by atoms with Crippen LogP contribution in [0.4, 0.5) is 0 Å². The molecule has 25 heavy (non-hydrogen) atoms. The smallest absolute Gasteiger partial charge is 0.254 e. The van der Waals surface area contributed by atoms with Gasteiger partial charge < -0.3 is 15.0 Å². The molecule has 2 heterocycles. The Labute approximate surface area is 153 Å². The Hall–Kier alpha value is -1.76. The number of rotatable bonds is 7. The third-order valence-corrected chi connectivity index (χ3v) is 5.35. The van der Waals surface area contributed by atoms with Crippen LogP contribution in [-0.4, -0.2) is 49.1 Å². The molecule has 5 nitrogen and oxygen atoms in total. The molecule has 0 spiro atoms. The molecule has 1 amide bonds. The molecule has 0 unspecified atom stereocenters. The number of amides is 1. The summed E-state index contributed by atoms with van der Waals surface area (Å²) in [4.78, 5) is 19.0. The van der Waals surface area contributed by atoms with E-state index in [9.17, 15) is 4.79 Å². The molecule has 0 radical (unpaired) electrons. The maximum atomic E-state index is 12.9. The number of nitrogens with one attached hydrogen (secondary N) is 1. The van der Waals surface area contributed by atoms with Crippen LogP contribution in [0.2, 0.25) is 0 Å². The normalized spacial score (nSPS) is 17.4. The fourth-order valence-corrected chi connectivity index (χ4v) is 3.80. The Morgan fingerprint density at radius 1 is 1.40 bits per heavy atom. The molecule has 1 fully saturated rings. The first-order valence-electron chi connectivity index (χ1n) is 8.75. The van der Waals surface area contributed by atoms with Crippen LogP contribution in [0.15, 0.2) is 35.8 Å². The summed E-state index contributed by atoms with van der Waals surface area (Å²) < 4.78 is 5.16. The van der Waals surface area contributed by atoms with Crippen LogP contribution in [0.3, 0.4) is 0 Å². The number of piperidine rings is 1. The van der Waals surface area contributed by atoms with Crippen LogP contribution in [0.5, 0.6) is 0 Å².